The summed E-state index contributed by atoms with van der Waals surface area (Å²) in [5, 5.41) is 4.04. The first kappa shape index (κ1) is 18.0. The van der Waals surface area contributed by atoms with Crippen molar-refractivity contribution in [1.82, 2.24) is 19.9 Å². The van der Waals surface area contributed by atoms with Gasteiger partial charge in [0.15, 0.2) is 0 Å². The molecule has 0 saturated carbocycles. The Hall–Kier alpha value is -1.79. The fourth-order valence-corrected chi connectivity index (χ4v) is 3.45. The second-order valence-corrected chi connectivity index (χ2v) is 7.34. The van der Waals surface area contributed by atoms with Crippen molar-refractivity contribution in [1.29, 1.82) is 0 Å². The number of halogens is 1. The van der Waals surface area contributed by atoms with Crippen LogP contribution in [0, 0.1) is 18.7 Å². The van der Waals surface area contributed by atoms with Gasteiger partial charge in [-0.25, -0.2) is 4.39 Å². The molecule has 0 spiro atoms. The van der Waals surface area contributed by atoms with Crippen molar-refractivity contribution in [3.8, 4) is 11.4 Å². The monoisotopic (exact) mass is 346 g/mol. The maximum Gasteiger partial charge on any atom is 0.244 e. The van der Waals surface area contributed by atoms with Crippen molar-refractivity contribution in [2.45, 2.75) is 32.7 Å². The van der Waals surface area contributed by atoms with Gasteiger partial charge >= 0.3 is 0 Å². The first-order valence-electron chi connectivity index (χ1n) is 8.93. The number of hydrogen-bond acceptors (Lipinski definition) is 5. The summed E-state index contributed by atoms with van der Waals surface area (Å²) in [5.74, 6) is 1.55. The van der Waals surface area contributed by atoms with Gasteiger partial charge in [0, 0.05) is 12.1 Å². The largest absolute Gasteiger partial charge is 0.337 e. The highest BCUT2D eigenvalue weighted by Crippen LogP contribution is 2.27. The Morgan fingerprint density at radius 3 is 2.68 bits per heavy atom. The summed E-state index contributed by atoms with van der Waals surface area (Å²) in [5.41, 5.74) is 1.26. The highest BCUT2D eigenvalue weighted by Gasteiger charge is 2.27. The molecule has 1 atom stereocenters. The van der Waals surface area contributed by atoms with Crippen LogP contribution in [0.1, 0.15) is 37.3 Å². The SMILES string of the molecule is Cc1ccc(-c2noc([C@H](C)N3CCC(CN(C)C)CC3)n2)cc1F. The summed E-state index contributed by atoms with van der Waals surface area (Å²) in [6.45, 7) is 7.06. The van der Waals surface area contributed by atoms with Gasteiger partial charge < -0.3 is 9.42 Å². The van der Waals surface area contributed by atoms with E-state index in [-0.39, 0.29) is 11.9 Å². The minimum absolute atomic E-state index is 0.0804. The second kappa shape index (κ2) is 7.62. The Morgan fingerprint density at radius 2 is 2.04 bits per heavy atom. The summed E-state index contributed by atoms with van der Waals surface area (Å²) >= 11 is 0. The van der Waals surface area contributed by atoms with E-state index in [4.69, 9.17) is 4.52 Å². The van der Waals surface area contributed by atoms with Crippen LogP contribution in [0.3, 0.4) is 0 Å². The molecule has 1 aromatic heterocycles. The molecule has 0 amide bonds. The molecule has 1 saturated heterocycles. The van der Waals surface area contributed by atoms with Gasteiger partial charge in [-0.3, -0.25) is 4.90 Å². The Morgan fingerprint density at radius 1 is 1.32 bits per heavy atom. The van der Waals surface area contributed by atoms with Crippen LogP contribution < -0.4 is 0 Å². The molecule has 0 bridgehead atoms. The molecule has 2 aromatic rings. The maximum atomic E-state index is 13.8. The molecule has 0 aliphatic carbocycles. The Labute approximate surface area is 148 Å². The molecule has 5 nitrogen and oxygen atoms in total. The molecule has 0 unspecified atom stereocenters. The van der Waals surface area contributed by atoms with E-state index in [9.17, 15) is 4.39 Å². The lowest BCUT2D eigenvalue weighted by atomic mass is 9.95. The van der Waals surface area contributed by atoms with Crippen LogP contribution >= 0.6 is 0 Å². The number of benzene rings is 1. The zero-order valence-electron chi connectivity index (χ0n) is 15.5. The van der Waals surface area contributed by atoms with E-state index in [1.54, 1.807) is 13.0 Å². The van der Waals surface area contributed by atoms with Crippen LogP contribution in [-0.4, -0.2) is 53.7 Å². The Bertz CT molecular complexity index is 707. The molecule has 1 aromatic carbocycles. The summed E-state index contributed by atoms with van der Waals surface area (Å²) in [7, 11) is 4.26. The van der Waals surface area contributed by atoms with Gasteiger partial charge in [-0.2, -0.15) is 4.98 Å². The van der Waals surface area contributed by atoms with Gasteiger partial charge in [-0.15, -0.1) is 0 Å². The topological polar surface area (TPSA) is 45.4 Å². The molecule has 1 fully saturated rings. The van der Waals surface area contributed by atoms with Gasteiger partial charge in [-0.05, 0) is 71.4 Å². The normalized spacial score (nSPS) is 18.0. The predicted molar refractivity (Wildman–Crippen MR) is 95.7 cm³/mol. The molecule has 3 rings (SSSR count). The van der Waals surface area contributed by atoms with Crippen molar-refractivity contribution in [2.24, 2.45) is 5.92 Å². The minimum Gasteiger partial charge on any atom is -0.337 e. The fraction of sp³-hybridized carbons (Fsp3) is 0.579. The van der Waals surface area contributed by atoms with E-state index < -0.39 is 0 Å². The molecule has 6 heteroatoms. The fourth-order valence-electron chi connectivity index (χ4n) is 3.45. The van der Waals surface area contributed by atoms with Crippen LogP contribution in [0.4, 0.5) is 4.39 Å². The highest BCUT2D eigenvalue weighted by atomic mass is 19.1. The predicted octanol–water partition coefficient (Wildman–Crippen LogP) is 3.52. The summed E-state index contributed by atoms with van der Waals surface area (Å²) in [4.78, 5) is 9.15. The van der Waals surface area contributed by atoms with Crippen LogP contribution in [0.25, 0.3) is 11.4 Å². The molecule has 136 valence electrons. The smallest absolute Gasteiger partial charge is 0.244 e. The summed E-state index contributed by atoms with van der Waals surface area (Å²) in [6.07, 6.45) is 2.37. The number of hydrogen-bond donors (Lipinski definition) is 0. The number of piperidine rings is 1. The van der Waals surface area contributed by atoms with E-state index >= 15 is 0 Å². The van der Waals surface area contributed by atoms with Crippen molar-refractivity contribution in [3.63, 3.8) is 0 Å². The number of aromatic nitrogens is 2. The second-order valence-electron chi connectivity index (χ2n) is 7.34. The zero-order chi connectivity index (χ0) is 18.0. The molecule has 0 N–H and O–H groups in total. The van der Waals surface area contributed by atoms with E-state index in [1.807, 2.05) is 6.07 Å². The number of aryl methyl sites for hydroxylation is 1. The first-order chi connectivity index (χ1) is 11.9. The molecular formula is C19H27FN4O. The molecular weight excluding hydrogens is 319 g/mol. The molecule has 1 aliphatic rings. The minimum atomic E-state index is -0.250. The van der Waals surface area contributed by atoms with Crippen LogP contribution in [0.5, 0.6) is 0 Å². The van der Waals surface area contributed by atoms with Crippen molar-refractivity contribution < 1.29 is 8.91 Å². The third-order valence-corrected chi connectivity index (χ3v) is 5.05. The zero-order valence-corrected chi connectivity index (χ0v) is 15.5. The van der Waals surface area contributed by atoms with Crippen LogP contribution in [0.2, 0.25) is 0 Å². The third-order valence-electron chi connectivity index (χ3n) is 5.05. The Kier molecular flexibility index (Phi) is 5.49. The Balaban J connectivity index is 1.65. The molecule has 1 aliphatic heterocycles. The lowest BCUT2D eigenvalue weighted by molar-refractivity contribution is 0.109. The number of rotatable bonds is 5. The van der Waals surface area contributed by atoms with E-state index in [2.05, 4.69) is 41.0 Å². The standard InChI is InChI=1S/C19H27FN4O/c1-13-5-6-16(11-17(13)20)18-21-19(25-22-18)14(2)24-9-7-15(8-10-24)12-23(3)4/h5-6,11,14-15H,7-10,12H2,1-4H3/t14-/m0/s1. The molecule has 25 heavy (non-hydrogen) atoms. The molecule has 0 radical (unpaired) electrons. The molecule has 2 heterocycles. The average molecular weight is 346 g/mol. The lowest BCUT2D eigenvalue weighted by Gasteiger charge is -2.35. The van der Waals surface area contributed by atoms with E-state index in [0.717, 1.165) is 25.6 Å². The average Bonchev–Trinajstić information content (AvgIpc) is 3.07. The highest BCUT2D eigenvalue weighted by molar-refractivity contribution is 5.54. The number of nitrogens with zero attached hydrogens (tertiary/aromatic N) is 4. The van der Waals surface area contributed by atoms with Gasteiger partial charge in [-0.1, -0.05) is 17.3 Å². The summed E-state index contributed by atoms with van der Waals surface area (Å²) < 4.78 is 19.2. The first-order valence-corrected chi connectivity index (χ1v) is 8.93. The van der Waals surface area contributed by atoms with Gasteiger partial charge in [0.2, 0.25) is 11.7 Å². The van der Waals surface area contributed by atoms with Crippen molar-refractivity contribution >= 4 is 0 Å². The van der Waals surface area contributed by atoms with Crippen LogP contribution in [-0.2, 0) is 0 Å². The maximum absolute atomic E-state index is 13.8. The van der Waals surface area contributed by atoms with Crippen LogP contribution in [0.15, 0.2) is 22.7 Å². The summed E-state index contributed by atoms with van der Waals surface area (Å²) in [6, 6.07) is 5.10. The van der Waals surface area contributed by atoms with Crippen molar-refractivity contribution in [3.05, 3.63) is 35.5 Å². The van der Waals surface area contributed by atoms with Gasteiger partial charge in [0.25, 0.3) is 0 Å². The van der Waals surface area contributed by atoms with E-state index in [0.29, 0.717) is 22.8 Å². The lowest BCUT2D eigenvalue weighted by Crippen LogP contribution is -2.38. The third kappa shape index (κ3) is 4.25. The van der Waals surface area contributed by atoms with Crippen molar-refractivity contribution in [2.75, 3.05) is 33.7 Å². The van der Waals surface area contributed by atoms with Gasteiger partial charge in [0.1, 0.15) is 5.82 Å². The number of likely N-dealkylation sites (tertiary alicyclic amines) is 1. The van der Waals surface area contributed by atoms with E-state index in [1.165, 1.54) is 18.9 Å². The van der Waals surface area contributed by atoms with Gasteiger partial charge in [0.05, 0.1) is 6.04 Å². The quantitative estimate of drug-likeness (QED) is 0.829.